The van der Waals surface area contributed by atoms with Gasteiger partial charge in [0, 0.05) is 58.5 Å². The summed E-state index contributed by atoms with van der Waals surface area (Å²) in [5, 5.41) is 3.38. The van der Waals surface area contributed by atoms with Gasteiger partial charge in [0.25, 0.3) is 0 Å². The molecule has 0 unspecified atom stereocenters. The zero-order valence-electron chi connectivity index (χ0n) is 22.3. The largest absolute Gasteiger partial charge is 1.00 e. The van der Waals surface area contributed by atoms with Crippen LogP contribution in [0.5, 0.6) is 0 Å². The Bertz CT molecular complexity index is 670. The molecule has 0 atom stereocenters. The Balaban J connectivity index is 0. The molecule has 0 aliphatic carbocycles. The number of hydrogen-bond donors (Lipinski definition) is 0. The van der Waals surface area contributed by atoms with Crippen molar-refractivity contribution in [1.29, 1.82) is 0 Å². The zero-order valence-corrected chi connectivity index (χ0v) is 29.6. The van der Waals surface area contributed by atoms with Crippen LogP contribution in [0, 0.1) is 10.3 Å². The van der Waals surface area contributed by atoms with Gasteiger partial charge in [-0.05, 0) is 24.3 Å². The van der Waals surface area contributed by atoms with E-state index in [0.717, 1.165) is 0 Å². The van der Waals surface area contributed by atoms with Crippen LogP contribution in [0.2, 0.25) is 78.6 Å². The van der Waals surface area contributed by atoms with Crippen LogP contribution >= 0.6 is 0 Å². The fourth-order valence-electron chi connectivity index (χ4n) is 4.81. The van der Waals surface area contributed by atoms with Crippen LogP contribution in [0.15, 0.2) is 48.8 Å². The van der Waals surface area contributed by atoms with Crippen LogP contribution in [0.4, 0.5) is 0 Å². The van der Waals surface area contributed by atoms with E-state index < -0.39 is 32.3 Å². The van der Waals surface area contributed by atoms with Crippen LogP contribution in [-0.4, -0.2) is 66.7 Å². The second-order valence-corrected chi connectivity index (χ2v) is 33.2. The second kappa shape index (κ2) is 13.4. The predicted molar refractivity (Wildman–Crippen MR) is 152 cm³/mol. The fraction of sp³-hybridized carbons (Fsp3) is 0.500. The number of aromatic nitrogens is 2. The summed E-state index contributed by atoms with van der Waals surface area (Å²) in [6.07, 6.45) is 3.82. The van der Waals surface area contributed by atoms with Gasteiger partial charge >= 0.3 is 0 Å². The van der Waals surface area contributed by atoms with Crippen molar-refractivity contribution in [3.05, 3.63) is 70.5 Å². The molecule has 2 nitrogen and oxygen atoms in total. The van der Waals surface area contributed by atoms with Crippen molar-refractivity contribution >= 4 is 56.7 Å². The van der Waals surface area contributed by atoms with Gasteiger partial charge in [-0.3, -0.25) is 9.97 Å². The molecule has 32 heavy (non-hydrogen) atoms. The molecular formula is C24H44ClN2SbSi4-. The molecule has 8 heteroatoms. The van der Waals surface area contributed by atoms with E-state index in [2.05, 4.69) is 113 Å². The Morgan fingerprint density at radius 3 is 0.906 bits per heavy atom. The van der Waals surface area contributed by atoms with Gasteiger partial charge in [0.1, 0.15) is 0 Å². The van der Waals surface area contributed by atoms with Gasteiger partial charge in [-0.1, -0.05) is 90.7 Å². The molecule has 0 fully saturated rings. The van der Waals surface area contributed by atoms with Gasteiger partial charge < -0.3 is 12.4 Å². The quantitative estimate of drug-likeness (QED) is 0.449. The SMILES string of the molecule is C[Si](C)(C)[C](c1ccccn1)[Si](C)(C)C.C[Si](C)(C)[C](c1ccccn1)[Si](C)(C)C.[Cl-].[Sb]. The number of pyridine rings is 2. The molecule has 0 saturated heterocycles. The summed E-state index contributed by atoms with van der Waals surface area (Å²) in [7, 11) is -4.99. The minimum Gasteiger partial charge on any atom is -1.00 e. The summed E-state index contributed by atoms with van der Waals surface area (Å²) in [4.78, 5) is 9.09. The van der Waals surface area contributed by atoms with Crippen LogP contribution in [0.3, 0.4) is 0 Å². The summed E-state index contributed by atoms with van der Waals surface area (Å²) in [6, 6.07) is 12.5. The molecule has 5 radical (unpaired) electrons. The molecule has 0 saturated carbocycles. The Labute approximate surface area is 226 Å². The fourth-order valence-corrected chi connectivity index (χ4v) is 26.5. The van der Waals surface area contributed by atoms with Crippen LogP contribution in [0.25, 0.3) is 0 Å². The molecule has 2 aromatic heterocycles. The van der Waals surface area contributed by atoms with E-state index in [4.69, 9.17) is 0 Å². The second-order valence-electron chi connectivity index (χ2n) is 12.2. The van der Waals surface area contributed by atoms with E-state index in [1.807, 2.05) is 24.5 Å². The summed E-state index contributed by atoms with van der Waals surface area (Å²) >= 11 is 0. The van der Waals surface area contributed by atoms with Crippen molar-refractivity contribution in [2.24, 2.45) is 0 Å². The third kappa shape index (κ3) is 11.1. The molecule has 2 aromatic rings. The molecule has 0 N–H and O–H groups in total. The number of hydrogen-bond acceptors (Lipinski definition) is 2. The van der Waals surface area contributed by atoms with Crippen molar-refractivity contribution in [2.75, 3.05) is 0 Å². The smallest absolute Gasteiger partial charge is 0.0552 e. The molecule has 179 valence electrons. The molecule has 0 bridgehead atoms. The predicted octanol–water partition coefficient (Wildman–Crippen LogP) is 4.14. The molecule has 0 amide bonds. The standard InChI is InChI=1S/2C12H22NSi2.ClH.Sb/c2*1-14(2,3)12(15(4,5)6)11-9-7-8-10-13-11;;/h2*7-10H,1-6H3;1H;/p-1. The minimum absolute atomic E-state index is 0. The number of nitrogens with zero attached hydrogens (tertiary/aromatic N) is 2. The van der Waals surface area contributed by atoms with Crippen LogP contribution in [-0.2, 0) is 0 Å². The maximum atomic E-state index is 4.54. The summed E-state index contributed by atoms with van der Waals surface area (Å²) < 4.78 is 0. The first-order valence-corrected chi connectivity index (χ1v) is 25.0. The first-order chi connectivity index (χ1) is 13.5. The maximum absolute atomic E-state index is 4.54. The zero-order chi connectivity index (χ0) is 23.4. The molecule has 0 aromatic carbocycles. The van der Waals surface area contributed by atoms with Gasteiger partial charge in [-0.2, -0.15) is 0 Å². The first kappa shape index (κ1) is 34.4. The van der Waals surface area contributed by atoms with Gasteiger partial charge in [0.2, 0.25) is 0 Å². The molecule has 2 heterocycles. The normalized spacial score (nSPS) is 12.4. The summed E-state index contributed by atoms with van der Waals surface area (Å²) in [5.41, 5.74) is 2.49. The van der Waals surface area contributed by atoms with Gasteiger partial charge in [-0.25, -0.2) is 0 Å². The van der Waals surface area contributed by atoms with Crippen molar-refractivity contribution in [3.63, 3.8) is 0 Å². The molecule has 2 rings (SSSR count). The first-order valence-electron chi connectivity index (χ1n) is 11.0. The molecule has 0 aliphatic rings. The van der Waals surface area contributed by atoms with Crippen molar-refractivity contribution < 1.29 is 12.4 Å². The van der Waals surface area contributed by atoms with E-state index in [9.17, 15) is 0 Å². The average Bonchev–Trinajstić information content (AvgIpc) is 2.52. The maximum Gasteiger partial charge on any atom is 0.0552 e. The van der Waals surface area contributed by atoms with Gasteiger partial charge in [-0.15, -0.1) is 0 Å². The third-order valence-electron chi connectivity index (χ3n) is 4.84. The Morgan fingerprint density at radius 1 is 0.500 bits per heavy atom. The molecule has 0 spiro atoms. The number of rotatable bonds is 6. The summed E-state index contributed by atoms with van der Waals surface area (Å²) in [5.74, 6) is 0. The average molecular weight is 630 g/mol. The van der Waals surface area contributed by atoms with Gasteiger partial charge in [0.15, 0.2) is 0 Å². The van der Waals surface area contributed by atoms with E-state index in [1.165, 1.54) is 11.4 Å². The number of halogens is 1. The topological polar surface area (TPSA) is 25.8 Å². The monoisotopic (exact) mass is 628 g/mol. The van der Waals surface area contributed by atoms with Crippen molar-refractivity contribution in [3.8, 4) is 0 Å². The molecular weight excluding hydrogens is 586 g/mol. The third-order valence-corrected chi connectivity index (χ3v) is 20.9. The van der Waals surface area contributed by atoms with E-state index >= 15 is 0 Å². The van der Waals surface area contributed by atoms with E-state index in [-0.39, 0.29) is 36.8 Å². The van der Waals surface area contributed by atoms with Crippen molar-refractivity contribution in [1.82, 2.24) is 9.97 Å². The Morgan fingerprint density at radius 2 is 0.750 bits per heavy atom. The molecule has 0 aliphatic heterocycles. The minimum atomic E-state index is -1.25. The Kier molecular flexibility index (Phi) is 14.4. The van der Waals surface area contributed by atoms with Gasteiger partial charge in [0.05, 0.1) is 32.3 Å². The van der Waals surface area contributed by atoms with Crippen molar-refractivity contribution in [2.45, 2.75) is 78.6 Å². The summed E-state index contributed by atoms with van der Waals surface area (Å²) in [6.45, 7) is 29.1. The van der Waals surface area contributed by atoms with Crippen LogP contribution in [0.1, 0.15) is 11.4 Å². The Hall–Kier alpha value is 0.276. The van der Waals surface area contributed by atoms with E-state index in [0.29, 0.717) is 0 Å². The van der Waals surface area contributed by atoms with E-state index in [1.54, 1.807) is 10.3 Å². The van der Waals surface area contributed by atoms with Crippen LogP contribution < -0.4 is 12.4 Å².